The second-order valence-electron chi connectivity index (χ2n) is 6.70. The van der Waals surface area contributed by atoms with Gasteiger partial charge < -0.3 is 20.1 Å². The van der Waals surface area contributed by atoms with Crippen molar-refractivity contribution in [3.05, 3.63) is 11.6 Å². The highest BCUT2D eigenvalue weighted by atomic mass is 16.5. The Morgan fingerprint density at radius 2 is 2.00 bits per heavy atom. The predicted molar refractivity (Wildman–Crippen MR) is 94.0 cm³/mol. The molecule has 0 amide bonds. The van der Waals surface area contributed by atoms with Crippen molar-refractivity contribution in [2.45, 2.75) is 32.2 Å². The summed E-state index contributed by atoms with van der Waals surface area (Å²) in [5.74, 6) is 0.874. The summed E-state index contributed by atoms with van der Waals surface area (Å²) in [7, 11) is 1.82. The van der Waals surface area contributed by atoms with Crippen molar-refractivity contribution in [2.24, 2.45) is 4.99 Å². The van der Waals surface area contributed by atoms with Gasteiger partial charge in [-0.05, 0) is 26.7 Å². The SMILES string of the molecule is CN=C(NCCC1=CCOCC1)NCC(C)(C)N1CCOCC1. The van der Waals surface area contributed by atoms with E-state index in [-0.39, 0.29) is 5.54 Å². The first-order valence-electron chi connectivity index (χ1n) is 8.65. The first kappa shape index (κ1) is 18.2. The molecular formula is C17H32N4O2. The monoisotopic (exact) mass is 324 g/mol. The van der Waals surface area contributed by atoms with E-state index in [1.54, 1.807) is 0 Å². The van der Waals surface area contributed by atoms with Crippen molar-refractivity contribution in [1.82, 2.24) is 15.5 Å². The van der Waals surface area contributed by atoms with E-state index in [9.17, 15) is 0 Å². The number of guanidine groups is 1. The highest BCUT2D eigenvalue weighted by molar-refractivity contribution is 5.79. The molecule has 6 heteroatoms. The minimum absolute atomic E-state index is 0.0879. The van der Waals surface area contributed by atoms with Crippen molar-refractivity contribution in [2.75, 3.05) is 59.7 Å². The van der Waals surface area contributed by atoms with Gasteiger partial charge in [0.1, 0.15) is 0 Å². The van der Waals surface area contributed by atoms with Gasteiger partial charge in [-0.25, -0.2) is 0 Å². The number of nitrogens with one attached hydrogen (secondary N) is 2. The van der Waals surface area contributed by atoms with Crippen LogP contribution >= 0.6 is 0 Å². The summed E-state index contributed by atoms with van der Waals surface area (Å²) in [5, 5.41) is 6.86. The minimum Gasteiger partial charge on any atom is -0.379 e. The quantitative estimate of drug-likeness (QED) is 0.434. The van der Waals surface area contributed by atoms with E-state index in [0.717, 1.165) is 71.4 Å². The summed E-state index contributed by atoms with van der Waals surface area (Å²) in [5.41, 5.74) is 1.57. The number of hydrogen-bond acceptors (Lipinski definition) is 4. The molecule has 1 saturated heterocycles. The Morgan fingerprint density at radius 3 is 2.65 bits per heavy atom. The predicted octanol–water partition coefficient (Wildman–Crippen LogP) is 0.999. The second-order valence-corrected chi connectivity index (χ2v) is 6.70. The molecule has 23 heavy (non-hydrogen) atoms. The van der Waals surface area contributed by atoms with E-state index in [0.29, 0.717) is 0 Å². The maximum atomic E-state index is 5.44. The third-order valence-electron chi connectivity index (χ3n) is 4.58. The van der Waals surface area contributed by atoms with Crippen LogP contribution in [-0.4, -0.2) is 76.1 Å². The summed E-state index contributed by atoms with van der Waals surface area (Å²) < 4.78 is 10.8. The van der Waals surface area contributed by atoms with E-state index in [1.807, 2.05) is 7.05 Å². The average Bonchev–Trinajstić information content (AvgIpc) is 2.59. The number of hydrogen-bond donors (Lipinski definition) is 2. The van der Waals surface area contributed by atoms with Gasteiger partial charge in [0, 0.05) is 38.8 Å². The molecule has 0 aromatic heterocycles. The zero-order valence-corrected chi connectivity index (χ0v) is 14.9. The average molecular weight is 324 g/mol. The third-order valence-corrected chi connectivity index (χ3v) is 4.58. The first-order valence-corrected chi connectivity index (χ1v) is 8.65. The maximum absolute atomic E-state index is 5.44. The van der Waals surface area contributed by atoms with Gasteiger partial charge in [-0.15, -0.1) is 0 Å². The summed E-state index contributed by atoms with van der Waals surface area (Å²) in [6, 6.07) is 0. The fourth-order valence-electron chi connectivity index (χ4n) is 2.94. The molecule has 0 saturated carbocycles. The molecule has 2 heterocycles. The van der Waals surface area contributed by atoms with E-state index >= 15 is 0 Å². The lowest BCUT2D eigenvalue weighted by atomic mass is 10.0. The van der Waals surface area contributed by atoms with Crippen LogP contribution in [-0.2, 0) is 9.47 Å². The number of ether oxygens (including phenoxy) is 2. The highest BCUT2D eigenvalue weighted by Crippen LogP contribution is 2.15. The van der Waals surface area contributed by atoms with Crippen LogP contribution in [0.2, 0.25) is 0 Å². The molecule has 0 aromatic carbocycles. The van der Waals surface area contributed by atoms with Gasteiger partial charge in [0.2, 0.25) is 0 Å². The molecule has 0 unspecified atom stereocenters. The summed E-state index contributed by atoms with van der Waals surface area (Å²) in [6.45, 7) is 11.6. The summed E-state index contributed by atoms with van der Waals surface area (Å²) in [6.07, 6.45) is 4.30. The van der Waals surface area contributed by atoms with E-state index in [2.05, 4.69) is 40.4 Å². The first-order chi connectivity index (χ1) is 11.1. The van der Waals surface area contributed by atoms with Crippen LogP contribution in [0.1, 0.15) is 26.7 Å². The molecule has 0 radical (unpaired) electrons. The maximum Gasteiger partial charge on any atom is 0.191 e. The topological polar surface area (TPSA) is 58.1 Å². The zero-order chi connectivity index (χ0) is 16.5. The van der Waals surface area contributed by atoms with Gasteiger partial charge in [0.25, 0.3) is 0 Å². The van der Waals surface area contributed by atoms with E-state index < -0.39 is 0 Å². The van der Waals surface area contributed by atoms with Gasteiger partial charge in [-0.3, -0.25) is 9.89 Å². The summed E-state index contributed by atoms with van der Waals surface area (Å²) >= 11 is 0. The third kappa shape index (κ3) is 6.12. The van der Waals surface area contributed by atoms with Crippen LogP contribution in [0.25, 0.3) is 0 Å². The molecule has 1 fully saturated rings. The fourth-order valence-corrected chi connectivity index (χ4v) is 2.94. The normalized spacial score (nSPS) is 21.0. The second kappa shape index (κ2) is 9.25. The van der Waals surface area contributed by atoms with Crippen LogP contribution in [0.4, 0.5) is 0 Å². The molecule has 2 aliphatic heterocycles. The molecule has 2 N–H and O–H groups in total. The molecule has 0 aromatic rings. The van der Waals surface area contributed by atoms with E-state index in [4.69, 9.17) is 9.47 Å². The largest absolute Gasteiger partial charge is 0.379 e. The van der Waals surface area contributed by atoms with Crippen LogP contribution in [0.3, 0.4) is 0 Å². The number of rotatable bonds is 6. The lowest BCUT2D eigenvalue weighted by Crippen LogP contribution is -2.56. The summed E-state index contributed by atoms with van der Waals surface area (Å²) in [4.78, 5) is 6.80. The van der Waals surface area contributed by atoms with Crippen LogP contribution in [0.15, 0.2) is 16.6 Å². The van der Waals surface area contributed by atoms with Crippen molar-refractivity contribution in [1.29, 1.82) is 0 Å². The standard InChI is InChI=1S/C17H32N4O2/c1-17(2,21-8-12-23-13-9-21)14-20-16(18-3)19-7-4-15-5-10-22-11-6-15/h5H,4,6-14H2,1-3H3,(H2,18,19,20). The smallest absolute Gasteiger partial charge is 0.191 e. The van der Waals surface area contributed by atoms with E-state index in [1.165, 1.54) is 5.57 Å². The molecule has 0 atom stereocenters. The molecule has 2 rings (SSSR count). The van der Waals surface area contributed by atoms with Gasteiger partial charge >= 0.3 is 0 Å². The van der Waals surface area contributed by atoms with Crippen molar-refractivity contribution >= 4 is 5.96 Å². The Labute approximate surface area is 140 Å². The van der Waals surface area contributed by atoms with Crippen LogP contribution in [0, 0.1) is 0 Å². The Hall–Kier alpha value is -1.11. The number of aliphatic imine (C=N–C) groups is 1. The molecule has 2 aliphatic rings. The van der Waals surface area contributed by atoms with Crippen LogP contribution in [0.5, 0.6) is 0 Å². The Morgan fingerprint density at radius 1 is 1.22 bits per heavy atom. The van der Waals surface area contributed by atoms with Gasteiger partial charge in [-0.1, -0.05) is 11.6 Å². The molecule has 132 valence electrons. The molecule has 6 nitrogen and oxygen atoms in total. The van der Waals surface area contributed by atoms with Crippen molar-refractivity contribution in [3.8, 4) is 0 Å². The highest BCUT2D eigenvalue weighted by Gasteiger charge is 2.28. The minimum atomic E-state index is 0.0879. The molecular weight excluding hydrogens is 292 g/mol. The van der Waals surface area contributed by atoms with Gasteiger partial charge in [0.05, 0.1) is 26.4 Å². The Balaban J connectivity index is 1.70. The van der Waals surface area contributed by atoms with Gasteiger partial charge in [-0.2, -0.15) is 0 Å². The number of morpholine rings is 1. The molecule has 0 aliphatic carbocycles. The molecule has 0 bridgehead atoms. The van der Waals surface area contributed by atoms with Crippen molar-refractivity contribution < 1.29 is 9.47 Å². The Kier molecular flexibility index (Phi) is 7.33. The Bertz CT molecular complexity index is 415. The lowest BCUT2D eigenvalue weighted by Gasteiger charge is -2.41. The lowest BCUT2D eigenvalue weighted by molar-refractivity contribution is -0.00833. The molecule has 0 spiro atoms. The van der Waals surface area contributed by atoms with Crippen molar-refractivity contribution in [3.63, 3.8) is 0 Å². The zero-order valence-electron chi connectivity index (χ0n) is 14.9. The number of nitrogens with zero attached hydrogens (tertiary/aromatic N) is 2. The van der Waals surface area contributed by atoms with Gasteiger partial charge in [0.15, 0.2) is 5.96 Å². The fraction of sp³-hybridized carbons (Fsp3) is 0.824. The van der Waals surface area contributed by atoms with Crippen LogP contribution < -0.4 is 10.6 Å².